The minimum atomic E-state index is -0.296. The summed E-state index contributed by atoms with van der Waals surface area (Å²) < 4.78 is 13.9. The van der Waals surface area contributed by atoms with Crippen molar-refractivity contribution in [2.45, 2.75) is 58.7 Å². The number of carbonyl (C=O) groups excluding carboxylic acids is 1. The molecule has 0 aromatic heterocycles. The highest BCUT2D eigenvalue weighted by Crippen LogP contribution is 2.28. The quantitative estimate of drug-likeness (QED) is 0.486. The zero-order chi connectivity index (χ0) is 22.1. The molecule has 6 heteroatoms. The number of nitrogens with zero attached hydrogens (tertiary/aromatic N) is 2. The van der Waals surface area contributed by atoms with E-state index in [-0.39, 0.29) is 11.9 Å². The largest absolute Gasteiger partial charge is 0.362 e. The van der Waals surface area contributed by atoms with E-state index < -0.39 is 0 Å². The van der Waals surface area contributed by atoms with Crippen LogP contribution in [0.15, 0.2) is 36.4 Å². The number of nitrogens with one attached hydrogen (secondary N) is 1. The fraction of sp³-hybridized carbons (Fsp3) is 0.417. The van der Waals surface area contributed by atoms with E-state index in [1.165, 1.54) is 12.1 Å². The molecule has 1 atom stereocenters. The lowest BCUT2D eigenvalue weighted by molar-refractivity contribution is -0.108. The lowest BCUT2D eigenvalue weighted by Crippen LogP contribution is -2.45. The molecule has 0 amide bonds. The van der Waals surface area contributed by atoms with E-state index >= 15 is 0 Å². The van der Waals surface area contributed by atoms with Crippen LogP contribution in [-0.2, 0) is 11.3 Å². The van der Waals surface area contributed by atoms with Crippen LogP contribution in [0.4, 0.5) is 10.1 Å². The van der Waals surface area contributed by atoms with Gasteiger partial charge in [0.1, 0.15) is 18.2 Å². The highest BCUT2D eigenvalue weighted by Gasteiger charge is 2.22. The first-order valence-electron chi connectivity index (χ1n) is 10.3. The number of benzene rings is 2. The summed E-state index contributed by atoms with van der Waals surface area (Å²) in [6, 6.07) is 12.3. The normalized spacial score (nSPS) is 11.9. The van der Waals surface area contributed by atoms with Crippen molar-refractivity contribution in [3.05, 3.63) is 63.9 Å². The first-order valence-corrected chi connectivity index (χ1v) is 10.7. The van der Waals surface area contributed by atoms with Crippen molar-refractivity contribution < 1.29 is 9.18 Å². The molecule has 4 nitrogen and oxygen atoms in total. The van der Waals surface area contributed by atoms with Crippen LogP contribution in [0.3, 0.4) is 0 Å². The van der Waals surface area contributed by atoms with E-state index in [1.807, 2.05) is 13.0 Å². The predicted molar refractivity (Wildman–Crippen MR) is 120 cm³/mol. The molecule has 0 saturated carbocycles. The molecule has 0 unspecified atom stereocenters. The number of nitriles is 1. The summed E-state index contributed by atoms with van der Waals surface area (Å²) in [6.45, 7) is 7.23. The van der Waals surface area contributed by atoms with Crippen LogP contribution in [0.5, 0.6) is 0 Å². The average Bonchev–Trinajstić information content (AvgIpc) is 2.74. The minimum absolute atomic E-state index is 0.144. The Hall–Kier alpha value is -2.42. The van der Waals surface area contributed by atoms with Gasteiger partial charge in [0.05, 0.1) is 10.6 Å². The maximum atomic E-state index is 13.9. The smallest absolute Gasteiger partial charge is 0.123 e. The van der Waals surface area contributed by atoms with Gasteiger partial charge in [-0.1, -0.05) is 31.5 Å². The van der Waals surface area contributed by atoms with E-state index in [1.54, 1.807) is 18.2 Å². The van der Waals surface area contributed by atoms with Gasteiger partial charge >= 0.3 is 0 Å². The zero-order valence-corrected chi connectivity index (χ0v) is 18.5. The van der Waals surface area contributed by atoms with Gasteiger partial charge in [-0.25, -0.2) is 4.39 Å². The molecule has 0 aliphatic rings. The lowest BCUT2D eigenvalue weighted by atomic mass is 10.0. The SMILES string of the molecule is CCC(CC)NC[C@H](CC=O)N(Cc1cc(F)ccc1C)c1ccc(C#N)c(Cl)c1. The van der Waals surface area contributed by atoms with E-state index in [2.05, 4.69) is 30.1 Å². The van der Waals surface area contributed by atoms with Gasteiger partial charge < -0.3 is 15.0 Å². The van der Waals surface area contributed by atoms with E-state index in [0.29, 0.717) is 36.1 Å². The molecule has 1 N–H and O–H groups in total. The fourth-order valence-electron chi connectivity index (χ4n) is 3.51. The Bertz CT molecular complexity index is 893. The van der Waals surface area contributed by atoms with Crippen LogP contribution in [0, 0.1) is 24.1 Å². The van der Waals surface area contributed by atoms with Gasteiger partial charge in [0.25, 0.3) is 0 Å². The minimum Gasteiger partial charge on any atom is -0.362 e. The molecule has 30 heavy (non-hydrogen) atoms. The Morgan fingerprint density at radius 3 is 2.57 bits per heavy atom. The van der Waals surface area contributed by atoms with Crippen molar-refractivity contribution in [1.82, 2.24) is 5.32 Å². The second kappa shape index (κ2) is 11.7. The maximum absolute atomic E-state index is 13.9. The third-order valence-corrected chi connectivity index (χ3v) is 5.81. The van der Waals surface area contributed by atoms with Gasteiger partial charge in [0, 0.05) is 37.3 Å². The molecule has 0 heterocycles. The molecule has 0 fully saturated rings. The second-order valence-electron chi connectivity index (χ2n) is 7.45. The van der Waals surface area contributed by atoms with Crippen molar-refractivity contribution in [3.63, 3.8) is 0 Å². The first kappa shape index (κ1) is 23.9. The van der Waals surface area contributed by atoms with Gasteiger partial charge in [-0.2, -0.15) is 5.26 Å². The van der Waals surface area contributed by atoms with Crippen LogP contribution in [0.25, 0.3) is 0 Å². The van der Waals surface area contributed by atoms with Gasteiger partial charge in [0.2, 0.25) is 0 Å². The summed E-state index contributed by atoms with van der Waals surface area (Å²) in [5.74, 6) is -0.296. The standard InChI is InChI=1S/C24H29ClFN3O/c1-4-21(5-2)28-15-23(10-11-30)29(16-19-12-20(26)8-6-17(19)3)22-9-7-18(14-27)24(25)13-22/h6-9,11-13,21,23,28H,4-5,10,15-16H2,1-3H3/t23-/m0/s1. The molecule has 0 bridgehead atoms. The average molecular weight is 430 g/mol. The zero-order valence-electron chi connectivity index (χ0n) is 17.8. The van der Waals surface area contributed by atoms with Gasteiger partial charge in [0.15, 0.2) is 0 Å². The van der Waals surface area contributed by atoms with Crippen molar-refractivity contribution in [2.24, 2.45) is 0 Å². The third-order valence-electron chi connectivity index (χ3n) is 5.49. The molecule has 2 aromatic rings. The van der Waals surface area contributed by atoms with E-state index in [9.17, 15) is 14.4 Å². The molecular weight excluding hydrogens is 401 g/mol. The van der Waals surface area contributed by atoms with Gasteiger partial charge in [-0.05, 0) is 61.2 Å². The molecule has 0 aliphatic heterocycles. The molecular formula is C24H29ClFN3O. The Morgan fingerprint density at radius 1 is 1.23 bits per heavy atom. The molecule has 160 valence electrons. The maximum Gasteiger partial charge on any atom is 0.123 e. The van der Waals surface area contributed by atoms with Crippen LogP contribution >= 0.6 is 11.6 Å². The fourth-order valence-corrected chi connectivity index (χ4v) is 3.73. The topological polar surface area (TPSA) is 56.1 Å². The number of hydrogen-bond donors (Lipinski definition) is 1. The van der Waals surface area contributed by atoms with Crippen molar-refractivity contribution in [2.75, 3.05) is 11.4 Å². The van der Waals surface area contributed by atoms with Crippen LogP contribution in [0.1, 0.15) is 49.8 Å². The monoisotopic (exact) mass is 429 g/mol. The molecule has 0 saturated heterocycles. The van der Waals surface area contributed by atoms with E-state index in [4.69, 9.17) is 11.6 Å². The Labute approximate surface area is 183 Å². The van der Waals surface area contributed by atoms with Crippen molar-refractivity contribution >= 4 is 23.6 Å². The van der Waals surface area contributed by atoms with Crippen LogP contribution in [0.2, 0.25) is 5.02 Å². The first-order chi connectivity index (χ1) is 14.4. The number of rotatable bonds is 11. The highest BCUT2D eigenvalue weighted by molar-refractivity contribution is 6.32. The third kappa shape index (κ3) is 6.29. The summed E-state index contributed by atoms with van der Waals surface area (Å²) in [6.07, 6.45) is 3.22. The van der Waals surface area contributed by atoms with Gasteiger partial charge in [-0.3, -0.25) is 0 Å². The predicted octanol–water partition coefficient (Wildman–Crippen LogP) is 5.40. The number of hydrogen-bond acceptors (Lipinski definition) is 4. The number of carbonyl (C=O) groups is 1. The molecule has 0 aliphatic carbocycles. The van der Waals surface area contributed by atoms with E-state index in [0.717, 1.165) is 35.9 Å². The Kier molecular flexibility index (Phi) is 9.29. The summed E-state index contributed by atoms with van der Waals surface area (Å²) >= 11 is 6.29. The number of aryl methyl sites for hydroxylation is 1. The van der Waals surface area contributed by atoms with Crippen molar-refractivity contribution in [3.8, 4) is 6.07 Å². The lowest BCUT2D eigenvalue weighted by Gasteiger charge is -2.35. The van der Waals surface area contributed by atoms with Crippen LogP contribution in [-0.4, -0.2) is 24.9 Å². The Morgan fingerprint density at radius 2 is 1.97 bits per heavy atom. The molecule has 0 spiro atoms. The summed E-state index contributed by atoms with van der Waals surface area (Å²) in [5, 5.41) is 13.1. The Balaban J connectivity index is 2.44. The number of aldehydes is 1. The summed E-state index contributed by atoms with van der Waals surface area (Å²) in [7, 11) is 0. The number of anilines is 1. The summed E-state index contributed by atoms with van der Waals surface area (Å²) in [4.78, 5) is 13.6. The molecule has 2 aromatic carbocycles. The highest BCUT2D eigenvalue weighted by atomic mass is 35.5. The van der Waals surface area contributed by atoms with Gasteiger partial charge in [-0.15, -0.1) is 0 Å². The van der Waals surface area contributed by atoms with Crippen LogP contribution < -0.4 is 10.2 Å². The second-order valence-corrected chi connectivity index (χ2v) is 7.86. The van der Waals surface area contributed by atoms with Crippen molar-refractivity contribution in [1.29, 1.82) is 5.26 Å². The number of halogens is 2. The molecule has 0 radical (unpaired) electrons. The summed E-state index contributed by atoms with van der Waals surface area (Å²) in [5.41, 5.74) is 3.00. The molecule has 2 rings (SSSR count).